The van der Waals surface area contributed by atoms with Gasteiger partial charge in [0.15, 0.2) is 0 Å². The van der Waals surface area contributed by atoms with Crippen molar-refractivity contribution in [2.45, 2.75) is 57.7 Å². The number of nitrogens with zero attached hydrogens (tertiary/aromatic N) is 2. The fourth-order valence-corrected chi connectivity index (χ4v) is 4.64. The molecule has 21 heavy (non-hydrogen) atoms. The number of Topliss-reactive ketones (excluding diaryl/α,β-unsaturated/α-hetero) is 1. The van der Waals surface area contributed by atoms with Crippen LogP contribution in [0.15, 0.2) is 0 Å². The molecule has 2 heterocycles. The van der Waals surface area contributed by atoms with Crippen LogP contribution in [0.1, 0.15) is 40.0 Å². The van der Waals surface area contributed by atoms with Crippen molar-refractivity contribution in [1.29, 1.82) is 0 Å². The predicted octanol–water partition coefficient (Wildman–Crippen LogP) is 0.820. The fourth-order valence-electron chi connectivity index (χ4n) is 4.64. The Hall–Kier alpha value is -0.490. The lowest BCUT2D eigenvalue weighted by molar-refractivity contribution is -0.131. The molecule has 1 saturated carbocycles. The highest BCUT2D eigenvalue weighted by atomic mass is 16.1. The maximum Gasteiger partial charge on any atom is 0.133 e. The van der Waals surface area contributed by atoms with Crippen molar-refractivity contribution in [2.75, 3.05) is 26.8 Å². The Morgan fingerprint density at radius 2 is 2.19 bits per heavy atom. The molecule has 4 unspecified atom stereocenters. The zero-order valence-electron chi connectivity index (χ0n) is 13.9. The highest BCUT2D eigenvalue weighted by Crippen LogP contribution is 2.49. The predicted molar refractivity (Wildman–Crippen MR) is 83.6 cm³/mol. The Labute approximate surface area is 128 Å². The third-order valence-electron chi connectivity index (χ3n) is 6.08. The summed E-state index contributed by atoms with van der Waals surface area (Å²) < 4.78 is 0. The van der Waals surface area contributed by atoms with E-state index in [1.807, 2.05) is 0 Å². The summed E-state index contributed by atoms with van der Waals surface area (Å²) in [5.74, 6) is 1.37. The molecule has 1 aliphatic carbocycles. The molecule has 5 heteroatoms. The quantitative estimate of drug-likeness (QED) is 0.807. The van der Waals surface area contributed by atoms with Gasteiger partial charge in [-0.25, -0.2) is 5.01 Å². The molecule has 3 fully saturated rings. The van der Waals surface area contributed by atoms with E-state index in [0.717, 1.165) is 39.0 Å². The number of carbonyl (C=O) groups is 1. The molecule has 0 aromatic rings. The number of rotatable bonds is 3. The minimum absolute atomic E-state index is 0.168. The van der Waals surface area contributed by atoms with Gasteiger partial charge in [-0.15, -0.1) is 0 Å². The van der Waals surface area contributed by atoms with Crippen LogP contribution in [0.25, 0.3) is 0 Å². The first-order chi connectivity index (χ1) is 9.95. The minimum atomic E-state index is 0.168. The molecule has 3 aliphatic rings. The maximum absolute atomic E-state index is 12.2. The number of hydrogen-bond acceptors (Lipinski definition) is 5. The highest BCUT2D eigenvalue weighted by Gasteiger charge is 2.60. The summed E-state index contributed by atoms with van der Waals surface area (Å²) in [7, 11) is 2.19. The number of nitrogens with one attached hydrogen (secondary N) is 2. The van der Waals surface area contributed by atoms with Gasteiger partial charge in [-0.3, -0.25) is 15.1 Å². The Bertz CT molecular complexity index is 413. The first kappa shape index (κ1) is 15.4. The van der Waals surface area contributed by atoms with E-state index < -0.39 is 0 Å². The average Bonchev–Trinajstić information content (AvgIpc) is 2.69. The summed E-state index contributed by atoms with van der Waals surface area (Å²) >= 11 is 0. The van der Waals surface area contributed by atoms with Crippen LogP contribution < -0.4 is 10.7 Å². The molecule has 3 rings (SSSR count). The lowest BCUT2D eigenvalue weighted by Crippen LogP contribution is -2.65. The monoisotopic (exact) mass is 294 g/mol. The van der Waals surface area contributed by atoms with Crippen molar-refractivity contribution in [3.63, 3.8) is 0 Å². The molecule has 2 N–H and O–H groups in total. The van der Waals surface area contributed by atoms with E-state index in [0.29, 0.717) is 29.7 Å². The van der Waals surface area contributed by atoms with Gasteiger partial charge in [0.2, 0.25) is 0 Å². The van der Waals surface area contributed by atoms with Crippen LogP contribution in [0.4, 0.5) is 0 Å². The van der Waals surface area contributed by atoms with Crippen molar-refractivity contribution in [3.8, 4) is 0 Å². The molecule has 1 spiro atoms. The summed E-state index contributed by atoms with van der Waals surface area (Å²) in [6.07, 6.45) is 2.66. The molecule has 0 aromatic carbocycles. The van der Waals surface area contributed by atoms with E-state index in [1.54, 1.807) is 0 Å². The molecule has 0 amide bonds. The van der Waals surface area contributed by atoms with Crippen LogP contribution in [-0.4, -0.2) is 60.1 Å². The third-order valence-corrected chi connectivity index (χ3v) is 6.08. The summed E-state index contributed by atoms with van der Waals surface area (Å²) in [5.41, 5.74) is 3.87. The molecule has 2 saturated heterocycles. The maximum atomic E-state index is 12.2. The summed E-state index contributed by atoms with van der Waals surface area (Å²) in [6.45, 7) is 9.70. The Morgan fingerprint density at radius 1 is 1.43 bits per heavy atom. The lowest BCUT2D eigenvalue weighted by Gasteiger charge is -2.53. The number of piperidine rings is 1. The van der Waals surface area contributed by atoms with Crippen LogP contribution in [0.3, 0.4) is 0 Å². The van der Waals surface area contributed by atoms with E-state index in [1.165, 1.54) is 0 Å². The molecule has 4 atom stereocenters. The normalized spacial score (nSPS) is 40.7. The second-order valence-electron chi connectivity index (χ2n) is 7.53. The fraction of sp³-hybridized carbons (Fsp3) is 0.938. The minimum Gasteiger partial charge on any atom is -0.316 e. The summed E-state index contributed by atoms with van der Waals surface area (Å²) in [6, 6.07) is 0.929. The summed E-state index contributed by atoms with van der Waals surface area (Å²) in [4.78, 5) is 14.5. The van der Waals surface area contributed by atoms with Crippen LogP contribution >= 0.6 is 0 Å². The van der Waals surface area contributed by atoms with Crippen molar-refractivity contribution >= 4 is 5.78 Å². The average molecular weight is 294 g/mol. The van der Waals surface area contributed by atoms with E-state index in [9.17, 15) is 4.79 Å². The molecular weight excluding hydrogens is 264 g/mol. The van der Waals surface area contributed by atoms with Gasteiger partial charge >= 0.3 is 0 Å². The van der Waals surface area contributed by atoms with Crippen LogP contribution in [0.5, 0.6) is 0 Å². The molecule has 5 nitrogen and oxygen atoms in total. The molecule has 120 valence electrons. The van der Waals surface area contributed by atoms with Gasteiger partial charge in [-0.1, -0.05) is 0 Å². The highest BCUT2D eigenvalue weighted by molar-refractivity contribution is 5.80. The van der Waals surface area contributed by atoms with Gasteiger partial charge in [0.25, 0.3) is 0 Å². The second kappa shape index (κ2) is 5.61. The number of carbonyl (C=O) groups excluding carboxylic acids is 1. The molecule has 0 radical (unpaired) electrons. The molecular formula is C16H30N4O. The molecule has 0 bridgehead atoms. The van der Waals surface area contributed by atoms with Crippen LogP contribution in [0, 0.1) is 11.8 Å². The van der Waals surface area contributed by atoms with Gasteiger partial charge < -0.3 is 5.32 Å². The first-order valence-corrected chi connectivity index (χ1v) is 8.41. The first-order valence-electron chi connectivity index (χ1n) is 8.41. The lowest BCUT2D eigenvalue weighted by atomic mass is 9.61. The van der Waals surface area contributed by atoms with E-state index in [4.69, 9.17) is 0 Å². The third kappa shape index (κ3) is 2.44. The number of hydrogen-bond donors (Lipinski definition) is 2. The van der Waals surface area contributed by atoms with Crippen molar-refractivity contribution in [2.24, 2.45) is 11.8 Å². The van der Waals surface area contributed by atoms with E-state index in [2.05, 4.69) is 48.5 Å². The van der Waals surface area contributed by atoms with Crippen LogP contribution in [0.2, 0.25) is 0 Å². The SMILES string of the molecule is CC1NN(CN(C)C(C)C)C23CCNCC2CC(=O)CC13. The van der Waals surface area contributed by atoms with Gasteiger partial charge in [-0.2, -0.15) is 0 Å². The molecule has 2 aliphatic heterocycles. The zero-order chi connectivity index (χ0) is 15.2. The van der Waals surface area contributed by atoms with E-state index >= 15 is 0 Å². The largest absolute Gasteiger partial charge is 0.316 e. The molecule has 0 aromatic heterocycles. The van der Waals surface area contributed by atoms with Crippen molar-refractivity contribution in [1.82, 2.24) is 20.7 Å². The van der Waals surface area contributed by atoms with E-state index in [-0.39, 0.29) is 5.54 Å². The van der Waals surface area contributed by atoms with Crippen molar-refractivity contribution < 1.29 is 4.79 Å². The van der Waals surface area contributed by atoms with Crippen LogP contribution in [-0.2, 0) is 4.79 Å². The number of ketones is 1. The smallest absolute Gasteiger partial charge is 0.133 e. The van der Waals surface area contributed by atoms with Crippen molar-refractivity contribution in [3.05, 3.63) is 0 Å². The zero-order valence-corrected chi connectivity index (χ0v) is 13.9. The Kier molecular flexibility index (Phi) is 4.12. The van der Waals surface area contributed by atoms with Gasteiger partial charge in [0.1, 0.15) is 5.78 Å². The van der Waals surface area contributed by atoms with Gasteiger partial charge in [0.05, 0.1) is 6.67 Å². The van der Waals surface area contributed by atoms with Gasteiger partial charge in [-0.05, 0) is 46.7 Å². The standard InChI is InChI=1S/C16H30N4O/c1-11(2)19(4)10-20-16-5-6-17-9-13(16)7-14(21)8-15(16)12(3)18-20/h11-13,15,17-18H,5-10H2,1-4H3. The van der Waals surface area contributed by atoms with Gasteiger partial charge in [0, 0.05) is 42.9 Å². The Morgan fingerprint density at radius 3 is 2.90 bits per heavy atom. The number of hydrazine groups is 1. The summed E-state index contributed by atoms with van der Waals surface area (Å²) in [5, 5.41) is 5.99. The topological polar surface area (TPSA) is 47.6 Å². The Balaban J connectivity index is 1.89. The second-order valence-corrected chi connectivity index (χ2v) is 7.53.